The molecule has 0 atom stereocenters. The first-order chi connectivity index (χ1) is 11.5. The quantitative estimate of drug-likeness (QED) is 0.154. The number of benzene rings is 2. The summed E-state index contributed by atoms with van der Waals surface area (Å²) in [5.41, 5.74) is 0.0164. The minimum Gasteiger partial charge on any atom is -0.462 e. The van der Waals surface area contributed by atoms with E-state index in [1.165, 1.54) is 24.3 Å². The van der Waals surface area contributed by atoms with Gasteiger partial charge < -0.3 is 4.74 Å². The van der Waals surface area contributed by atoms with Crippen molar-refractivity contribution < 1.29 is 19.2 Å². The maximum absolute atomic E-state index is 12.6. The van der Waals surface area contributed by atoms with Crippen molar-refractivity contribution in [3.05, 3.63) is 81.4 Å². The minimum atomic E-state index is -0.815. The van der Waals surface area contributed by atoms with Crippen molar-refractivity contribution in [1.82, 2.24) is 0 Å². The third-order valence-corrected chi connectivity index (χ3v) is 3.21. The summed E-state index contributed by atoms with van der Waals surface area (Å²) in [6.07, 6.45) is 1.20. The summed E-state index contributed by atoms with van der Waals surface area (Å²) in [6.45, 7) is 1.71. The highest BCUT2D eigenvalue weighted by Gasteiger charge is 2.23. The van der Waals surface area contributed by atoms with Crippen molar-refractivity contribution in [2.75, 3.05) is 6.61 Å². The van der Waals surface area contributed by atoms with Crippen LogP contribution < -0.4 is 0 Å². The molecule has 6 heteroatoms. The molecule has 0 spiro atoms. The zero-order valence-corrected chi connectivity index (χ0v) is 13.0. The van der Waals surface area contributed by atoms with Crippen LogP contribution >= 0.6 is 0 Å². The summed E-state index contributed by atoms with van der Waals surface area (Å²) >= 11 is 0. The van der Waals surface area contributed by atoms with Crippen molar-refractivity contribution in [1.29, 1.82) is 0 Å². The van der Waals surface area contributed by atoms with Crippen molar-refractivity contribution in [3.8, 4) is 0 Å². The van der Waals surface area contributed by atoms with Gasteiger partial charge in [0.1, 0.15) is 5.57 Å². The third kappa shape index (κ3) is 3.92. The fourth-order valence-corrected chi connectivity index (χ4v) is 2.10. The summed E-state index contributed by atoms with van der Waals surface area (Å²) in [5.74, 6) is -1.36. The molecule has 122 valence electrons. The number of rotatable bonds is 6. The van der Waals surface area contributed by atoms with Gasteiger partial charge in [-0.1, -0.05) is 42.5 Å². The number of hydrogen-bond acceptors (Lipinski definition) is 5. The Morgan fingerprint density at radius 1 is 1.08 bits per heavy atom. The molecular formula is C18H15NO5. The summed E-state index contributed by atoms with van der Waals surface area (Å²) < 4.78 is 4.92. The average Bonchev–Trinajstić information content (AvgIpc) is 2.60. The molecule has 0 unspecified atom stereocenters. The Morgan fingerprint density at radius 2 is 1.71 bits per heavy atom. The van der Waals surface area contributed by atoms with Crippen LogP contribution in [0.1, 0.15) is 22.8 Å². The third-order valence-electron chi connectivity index (χ3n) is 3.21. The van der Waals surface area contributed by atoms with Gasteiger partial charge in [0.05, 0.1) is 17.1 Å². The highest BCUT2D eigenvalue weighted by atomic mass is 16.6. The van der Waals surface area contributed by atoms with E-state index >= 15 is 0 Å². The van der Waals surface area contributed by atoms with Gasteiger partial charge >= 0.3 is 5.97 Å². The minimum absolute atomic E-state index is 0.0924. The van der Waals surface area contributed by atoms with Gasteiger partial charge in [0.25, 0.3) is 5.69 Å². The fraction of sp³-hybridized carbons (Fsp3) is 0.111. The van der Waals surface area contributed by atoms with Gasteiger partial charge in [-0.3, -0.25) is 14.9 Å². The molecule has 0 amide bonds. The van der Waals surface area contributed by atoms with Crippen LogP contribution in [-0.4, -0.2) is 23.3 Å². The SMILES string of the molecule is CCOC(=O)/C(=C\c1ccccc1[N+](=O)[O-])C(=O)c1ccccc1. The second kappa shape index (κ2) is 7.82. The van der Waals surface area contributed by atoms with E-state index in [9.17, 15) is 19.7 Å². The number of ketones is 1. The molecule has 6 nitrogen and oxygen atoms in total. The topological polar surface area (TPSA) is 86.5 Å². The molecule has 0 N–H and O–H groups in total. The second-order valence-electron chi connectivity index (χ2n) is 4.79. The zero-order chi connectivity index (χ0) is 17.5. The average molecular weight is 325 g/mol. The number of Topliss-reactive ketones (excluding diaryl/α,β-unsaturated/α-hetero) is 1. The number of nitro groups is 1. The molecule has 0 aliphatic heterocycles. The van der Waals surface area contributed by atoms with E-state index in [1.54, 1.807) is 43.3 Å². The smallest absolute Gasteiger partial charge is 0.342 e. The van der Waals surface area contributed by atoms with Crippen LogP contribution in [0.5, 0.6) is 0 Å². The maximum Gasteiger partial charge on any atom is 0.342 e. The van der Waals surface area contributed by atoms with E-state index in [2.05, 4.69) is 0 Å². The Kier molecular flexibility index (Phi) is 5.57. The number of carbonyl (C=O) groups is 2. The predicted molar refractivity (Wildman–Crippen MR) is 88.5 cm³/mol. The van der Waals surface area contributed by atoms with E-state index in [0.29, 0.717) is 5.56 Å². The van der Waals surface area contributed by atoms with E-state index in [1.807, 2.05) is 0 Å². The number of hydrogen-bond donors (Lipinski definition) is 0. The predicted octanol–water partition coefficient (Wildman–Crippen LogP) is 3.42. The fourth-order valence-electron chi connectivity index (χ4n) is 2.10. The van der Waals surface area contributed by atoms with Crippen LogP contribution in [0.2, 0.25) is 0 Å². The molecular weight excluding hydrogens is 310 g/mol. The van der Waals surface area contributed by atoms with Crippen molar-refractivity contribution >= 4 is 23.5 Å². The molecule has 0 bridgehead atoms. The summed E-state index contributed by atoms with van der Waals surface area (Å²) in [6, 6.07) is 14.1. The summed E-state index contributed by atoms with van der Waals surface area (Å²) in [7, 11) is 0. The highest BCUT2D eigenvalue weighted by molar-refractivity contribution is 6.27. The number of esters is 1. The van der Waals surface area contributed by atoms with Crippen LogP contribution in [0.25, 0.3) is 6.08 Å². The molecule has 0 aliphatic carbocycles. The molecule has 2 aromatic rings. The lowest BCUT2D eigenvalue weighted by atomic mass is 10.0. The van der Waals surface area contributed by atoms with Crippen molar-refractivity contribution in [2.45, 2.75) is 6.92 Å². The first kappa shape index (κ1) is 17.1. The van der Waals surface area contributed by atoms with Crippen LogP contribution in [0.15, 0.2) is 60.2 Å². The van der Waals surface area contributed by atoms with E-state index in [0.717, 1.165) is 0 Å². The van der Waals surface area contributed by atoms with Gasteiger partial charge in [-0.25, -0.2) is 4.79 Å². The highest BCUT2D eigenvalue weighted by Crippen LogP contribution is 2.22. The van der Waals surface area contributed by atoms with Gasteiger partial charge in [-0.2, -0.15) is 0 Å². The maximum atomic E-state index is 12.6. The largest absolute Gasteiger partial charge is 0.462 e. The van der Waals surface area contributed by atoms with Crippen LogP contribution in [0.4, 0.5) is 5.69 Å². The lowest BCUT2D eigenvalue weighted by Crippen LogP contribution is -2.16. The lowest BCUT2D eigenvalue weighted by Gasteiger charge is -2.07. The van der Waals surface area contributed by atoms with Gasteiger partial charge in [-0.05, 0) is 19.1 Å². The number of nitro benzene ring substituents is 1. The molecule has 2 aromatic carbocycles. The molecule has 2 rings (SSSR count). The van der Waals surface area contributed by atoms with Gasteiger partial charge in [0.2, 0.25) is 0 Å². The van der Waals surface area contributed by atoms with E-state index in [4.69, 9.17) is 4.74 Å². The van der Waals surface area contributed by atoms with Crippen LogP contribution in [0.3, 0.4) is 0 Å². The molecule has 0 heterocycles. The zero-order valence-electron chi connectivity index (χ0n) is 13.0. The Labute approximate surface area is 138 Å². The monoisotopic (exact) mass is 325 g/mol. The lowest BCUT2D eigenvalue weighted by molar-refractivity contribution is -0.385. The summed E-state index contributed by atoms with van der Waals surface area (Å²) in [4.78, 5) is 35.3. The molecule has 0 aromatic heterocycles. The second-order valence-corrected chi connectivity index (χ2v) is 4.79. The Bertz CT molecular complexity index is 796. The first-order valence-electron chi connectivity index (χ1n) is 7.26. The van der Waals surface area contributed by atoms with E-state index < -0.39 is 16.7 Å². The van der Waals surface area contributed by atoms with Crippen LogP contribution in [-0.2, 0) is 9.53 Å². The molecule has 0 aliphatic rings. The Balaban J connectivity index is 2.53. The molecule has 24 heavy (non-hydrogen) atoms. The van der Waals surface area contributed by atoms with Gasteiger partial charge in [0.15, 0.2) is 5.78 Å². The van der Waals surface area contributed by atoms with Crippen molar-refractivity contribution in [2.24, 2.45) is 0 Å². The summed E-state index contributed by atoms with van der Waals surface area (Å²) in [5, 5.41) is 11.1. The van der Waals surface area contributed by atoms with Gasteiger partial charge in [0, 0.05) is 11.6 Å². The molecule has 0 saturated heterocycles. The normalized spacial score (nSPS) is 11.0. The van der Waals surface area contributed by atoms with E-state index in [-0.39, 0.29) is 23.4 Å². The molecule has 0 fully saturated rings. The Morgan fingerprint density at radius 3 is 2.33 bits per heavy atom. The van der Waals surface area contributed by atoms with Crippen LogP contribution in [0, 0.1) is 10.1 Å². The standard InChI is InChI=1S/C18H15NO5/c1-2-24-18(21)15(17(20)13-8-4-3-5-9-13)12-14-10-6-7-11-16(14)19(22)23/h3-12H,2H2,1H3/b15-12-. The first-order valence-corrected chi connectivity index (χ1v) is 7.26. The number of nitrogens with zero attached hydrogens (tertiary/aromatic N) is 1. The molecule has 0 radical (unpaired) electrons. The molecule has 0 saturated carbocycles. The number of para-hydroxylation sites is 1. The van der Waals surface area contributed by atoms with Crippen molar-refractivity contribution in [3.63, 3.8) is 0 Å². The number of ether oxygens (including phenoxy) is 1. The Hall–Kier alpha value is -3.28. The van der Waals surface area contributed by atoms with Gasteiger partial charge in [-0.15, -0.1) is 0 Å². The number of carbonyl (C=O) groups excluding carboxylic acids is 2.